The van der Waals surface area contributed by atoms with Gasteiger partial charge >= 0.3 is 0 Å². The standard InChI is InChI=1S/C20H34N6O2/c1-26(2)19(28)13-7-9-14(10-8-13)24-20-22-12-17(21)18(25-20)23-15-5-3-4-6-16(27)11-15/h12-16,27H,3-11,21H2,1-2H3,(H2,22,23,24,25)/t13-,14-,15-,16+/m1/s1. The third-order valence-electron chi connectivity index (χ3n) is 5.90. The maximum atomic E-state index is 12.1. The minimum absolute atomic E-state index is 0.124. The van der Waals surface area contributed by atoms with Crippen LogP contribution < -0.4 is 16.4 Å². The lowest BCUT2D eigenvalue weighted by molar-refractivity contribution is -0.133. The number of hydrogen-bond acceptors (Lipinski definition) is 7. The quantitative estimate of drug-likeness (QED) is 0.570. The lowest BCUT2D eigenvalue weighted by Gasteiger charge is -2.30. The number of nitrogen functional groups attached to an aromatic ring is 1. The predicted molar refractivity (Wildman–Crippen MR) is 111 cm³/mol. The molecule has 0 unspecified atom stereocenters. The molecule has 2 fully saturated rings. The third-order valence-corrected chi connectivity index (χ3v) is 5.90. The van der Waals surface area contributed by atoms with Crippen molar-refractivity contribution in [2.75, 3.05) is 30.5 Å². The number of nitrogens with zero attached hydrogens (tertiary/aromatic N) is 3. The molecule has 0 radical (unpaired) electrons. The van der Waals surface area contributed by atoms with Crippen LogP contribution in [0.2, 0.25) is 0 Å². The molecule has 5 N–H and O–H groups in total. The van der Waals surface area contributed by atoms with Crippen LogP contribution in [0.25, 0.3) is 0 Å². The van der Waals surface area contributed by atoms with Gasteiger partial charge in [-0.05, 0) is 44.9 Å². The number of carbonyl (C=O) groups excluding carboxylic acids is 1. The Bertz CT molecular complexity index is 660. The number of aliphatic hydroxyl groups excluding tert-OH is 1. The van der Waals surface area contributed by atoms with Gasteiger partial charge in [-0.3, -0.25) is 4.79 Å². The minimum Gasteiger partial charge on any atom is -0.394 e. The van der Waals surface area contributed by atoms with Gasteiger partial charge in [0.15, 0.2) is 5.82 Å². The molecule has 0 aromatic carbocycles. The van der Waals surface area contributed by atoms with Crippen molar-refractivity contribution in [1.82, 2.24) is 14.9 Å². The van der Waals surface area contributed by atoms with Crippen molar-refractivity contribution in [2.24, 2.45) is 5.92 Å². The first-order chi connectivity index (χ1) is 13.4. The second-order valence-corrected chi connectivity index (χ2v) is 8.44. The third kappa shape index (κ3) is 5.47. The molecule has 2 atom stereocenters. The molecule has 3 rings (SSSR count). The summed E-state index contributed by atoms with van der Waals surface area (Å²) in [5.74, 6) is 1.54. The number of aromatic nitrogens is 2. The Hall–Kier alpha value is -2.09. The van der Waals surface area contributed by atoms with Gasteiger partial charge in [0.1, 0.15) is 0 Å². The van der Waals surface area contributed by atoms with Crippen LogP contribution in [-0.2, 0) is 4.79 Å². The molecule has 1 aromatic rings. The summed E-state index contributed by atoms with van der Waals surface area (Å²) in [5.41, 5.74) is 6.59. The molecule has 2 aliphatic carbocycles. The number of nitrogens with one attached hydrogen (secondary N) is 2. The molecule has 1 aromatic heterocycles. The van der Waals surface area contributed by atoms with E-state index in [9.17, 15) is 9.90 Å². The maximum Gasteiger partial charge on any atom is 0.225 e. The minimum atomic E-state index is -0.263. The van der Waals surface area contributed by atoms with Crippen LogP contribution in [0.3, 0.4) is 0 Å². The normalized spacial score (nSPS) is 28.2. The monoisotopic (exact) mass is 390 g/mol. The van der Waals surface area contributed by atoms with Crippen molar-refractivity contribution in [3.05, 3.63) is 6.20 Å². The van der Waals surface area contributed by atoms with Crippen molar-refractivity contribution in [1.29, 1.82) is 0 Å². The molecule has 2 aliphatic rings. The van der Waals surface area contributed by atoms with Crippen LogP contribution in [0.1, 0.15) is 57.8 Å². The Balaban J connectivity index is 1.57. The van der Waals surface area contributed by atoms with E-state index in [1.807, 2.05) is 14.1 Å². The summed E-state index contributed by atoms with van der Waals surface area (Å²) in [7, 11) is 3.63. The fourth-order valence-corrected chi connectivity index (χ4v) is 4.27. The van der Waals surface area contributed by atoms with E-state index < -0.39 is 0 Å². The summed E-state index contributed by atoms with van der Waals surface area (Å²) in [6, 6.07) is 0.442. The van der Waals surface area contributed by atoms with Gasteiger partial charge in [0.25, 0.3) is 0 Å². The SMILES string of the molecule is CN(C)C(=O)[C@H]1CC[C@H](Nc2ncc(N)c(N[C@@H]3CCCC[C@H](O)C3)n2)CC1. The second-order valence-electron chi connectivity index (χ2n) is 8.44. The summed E-state index contributed by atoms with van der Waals surface area (Å²) in [4.78, 5) is 22.7. The molecule has 8 heteroatoms. The molecule has 2 saturated carbocycles. The highest BCUT2D eigenvalue weighted by atomic mass is 16.3. The Morgan fingerprint density at radius 3 is 2.54 bits per heavy atom. The number of rotatable bonds is 5. The number of nitrogens with two attached hydrogens (primary N) is 1. The predicted octanol–water partition coefficient (Wildman–Crippen LogP) is 2.22. The highest BCUT2D eigenvalue weighted by Crippen LogP contribution is 2.28. The largest absolute Gasteiger partial charge is 0.394 e. The van der Waals surface area contributed by atoms with E-state index in [4.69, 9.17) is 5.73 Å². The summed E-state index contributed by atoms with van der Waals surface area (Å²) in [6.45, 7) is 0. The summed E-state index contributed by atoms with van der Waals surface area (Å²) in [6.07, 6.45) is 9.73. The Labute approximate surface area is 167 Å². The Morgan fingerprint density at radius 1 is 1.11 bits per heavy atom. The molecule has 8 nitrogen and oxygen atoms in total. The zero-order valence-electron chi connectivity index (χ0n) is 17.0. The summed E-state index contributed by atoms with van der Waals surface area (Å²) >= 11 is 0. The Kier molecular flexibility index (Phi) is 6.93. The topological polar surface area (TPSA) is 116 Å². The van der Waals surface area contributed by atoms with E-state index in [1.165, 1.54) is 0 Å². The highest BCUT2D eigenvalue weighted by molar-refractivity contribution is 5.78. The van der Waals surface area contributed by atoms with Crippen LogP contribution in [0.15, 0.2) is 6.20 Å². The molecule has 156 valence electrons. The number of amides is 1. The molecule has 28 heavy (non-hydrogen) atoms. The van der Waals surface area contributed by atoms with E-state index in [0.717, 1.165) is 57.8 Å². The average Bonchev–Trinajstić information content (AvgIpc) is 2.88. The molecule has 0 aliphatic heterocycles. The number of aliphatic hydroxyl groups is 1. The first-order valence-corrected chi connectivity index (χ1v) is 10.5. The van der Waals surface area contributed by atoms with Gasteiger partial charge in [-0.25, -0.2) is 4.98 Å². The van der Waals surface area contributed by atoms with Crippen LogP contribution in [0.5, 0.6) is 0 Å². The van der Waals surface area contributed by atoms with Crippen molar-refractivity contribution in [2.45, 2.75) is 76.0 Å². The fraction of sp³-hybridized carbons (Fsp3) is 0.750. The first-order valence-electron chi connectivity index (χ1n) is 10.5. The van der Waals surface area contributed by atoms with Gasteiger partial charge in [0, 0.05) is 32.1 Å². The van der Waals surface area contributed by atoms with E-state index in [1.54, 1.807) is 11.1 Å². The van der Waals surface area contributed by atoms with Crippen molar-refractivity contribution >= 4 is 23.4 Å². The van der Waals surface area contributed by atoms with Crippen molar-refractivity contribution < 1.29 is 9.90 Å². The lowest BCUT2D eigenvalue weighted by Crippen LogP contribution is -2.35. The average molecular weight is 391 g/mol. The summed E-state index contributed by atoms with van der Waals surface area (Å²) in [5, 5.41) is 16.8. The number of hydrogen-bond donors (Lipinski definition) is 4. The highest BCUT2D eigenvalue weighted by Gasteiger charge is 2.27. The van der Waals surface area contributed by atoms with Gasteiger partial charge in [-0.2, -0.15) is 4.98 Å². The summed E-state index contributed by atoms with van der Waals surface area (Å²) < 4.78 is 0. The smallest absolute Gasteiger partial charge is 0.225 e. The number of carbonyl (C=O) groups is 1. The van der Waals surface area contributed by atoms with E-state index >= 15 is 0 Å². The van der Waals surface area contributed by atoms with Crippen LogP contribution in [-0.4, -0.2) is 58.2 Å². The van der Waals surface area contributed by atoms with E-state index in [-0.39, 0.29) is 30.0 Å². The first kappa shape index (κ1) is 20.6. The zero-order valence-corrected chi connectivity index (χ0v) is 17.0. The van der Waals surface area contributed by atoms with Gasteiger partial charge in [0.2, 0.25) is 11.9 Å². The molecule has 1 amide bonds. The molecular formula is C20H34N6O2. The van der Waals surface area contributed by atoms with Gasteiger partial charge in [-0.15, -0.1) is 0 Å². The van der Waals surface area contributed by atoms with E-state index in [2.05, 4.69) is 20.6 Å². The zero-order chi connectivity index (χ0) is 20.1. The maximum absolute atomic E-state index is 12.1. The second kappa shape index (κ2) is 9.41. The number of anilines is 3. The molecule has 0 bridgehead atoms. The molecular weight excluding hydrogens is 356 g/mol. The van der Waals surface area contributed by atoms with Crippen molar-refractivity contribution in [3.63, 3.8) is 0 Å². The van der Waals surface area contributed by atoms with Crippen LogP contribution in [0.4, 0.5) is 17.5 Å². The van der Waals surface area contributed by atoms with Crippen LogP contribution >= 0.6 is 0 Å². The Morgan fingerprint density at radius 2 is 1.82 bits per heavy atom. The van der Waals surface area contributed by atoms with Crippen molar-refractivity contribution in [3.8, 4) is 0 Å². The van der Waals surface area contributed by atoms with E-state index in [0.29, 0.717) is 17.5 Å². The van der Waals surface area contributed by atoms with Crippen LogP contribution in [0, 0.1) is 5.92 Å². The lowest BCUT2D eigenvalue weighted by atomic mass is 9.85. The van der Waals surface area contributed by atoms with Gasteiger partial charge in [-0.1, -0.05) is 12.8 Å². The molecule has 1 heterocycles. The molecule has 0 saturated heterocycles. The van der Waals surface area contributed by atoms with Gasteiger partial charge < -0.3 is 26.4 Å². The molecule has 0 spiro atoms. The van der Waals surface area contributed by atoms with Gasteiger partial charge in [0.05, 0.1) is 18.0 Å². The fourth-order valence-electron chi connectivity index (χ4n) is 4.27.